The summed E-state index contributed by atoms with van der Waals surface area (Å²) in [5.41, 5.74) is 4.41. The maximum Gasteiger partial charge on any atom is 0.407 e. The number of fused-ring (bicyclic) bond motifs is 3. The van der Waals surface area contributed by atoms with Gasteiger partial charge in [0.05, 0.1) is 0 Å². The third-order valence-corrected chi connectivity index (χ3v) is 6.81. The van der Waals surface area contributed by atoms with Crippen molar-refractivity contribution < 1.29 is 29.0 Å². The molecule has 36 heavy (non-hydrogen) atoms. The van der Waals surface area contributed by atoms with Crippen LogP contribution in [-0.2, 0) is 19.1 Å². The summed E-state index contributed by atoms with van der Waals surface area (Å²) in [7, 11) is 0. The number of carbonyl (C=O) groups is 4. The van der Waals surface area contributed by atoms with Crippen LogP contribution in [0.3, 0.4) is 0 Å². The largest absolute Gasteiger partial charge is 0.480 e. The first-order valence-electron chi connectivity index (χ1n) is 12.2. The summed E-state index contributed by atoms with van der Waals surface area (Å²) in [6.07, 6.45) is 0.262. The predicted molar refractivity (Wildman–Crippen MR) is 132 cm³/mol. The summed E-state index contributed by atoms with van der Waals surface area (Å²) >= 11 is 0. The summed E-state index contributed by atoms with van der Waals surface area (Å²) in [4.78, 5) is 50.6. The fourth-order valence-electron chi connectivity index (χ4n) is 5.01. The number of rotatable bonds is 8. The van der Waals surface area contributed by atoms with E-state index in [2.05, 4.69) is 10.6 Å². The Kier molecular flexibility index (Phi) is 7.57. The highest BCUT2D eigenvalue weighted by atomic mass is 16.5. The van der Waals surface area contributed by atoms with Gasteiger partial charge in [0.2, 0.25) is 11.8 Å². The second-order valence-corrected chi connectivity index (χ2v) is 9.50. The smallest absolute Gasteiger partial charge is 0.407 e. The minimum absolute atomic E-state index is 0.0949. The Balaban J connectivity index is 1.30. The molecule has 2 aromatic rings. The highest BCUT2D eigenvalue weighted by Crippen LogP contribution is 2.44. The van der Waals surface area contributed by atoms with E-state index >= 15 is 0 Å². The molecule has 1 aliphatic heterocycles. The van der Waals surface area contributed by atoms with Crippen LogP contribution in [0.4, 0.5) is 4.79 Å². The van der Waals surface area contributed by atoms with Gasteiger partial charge in [0, 0.05) is 12.5 Å². The maximum absolute atomic E-state index is 13.0. The topological polar surface area (TPSA) is 125 Å². The number of carboxylic acids is 1. The molecule has 1 fully saturated rings. The third kappa shape index (κ3) is 5.19. The predicted octanol–water partition coefficient (Wildman–Crippen LogP) is 2.74. The van der Waals surface area contributed by atoms with E-state index in [-0.39, 0.29) is 25.0 Å². The molecule has 2 aromatic carbocycles. The fraction of sp³-hybridized carbons (Fsp3) is 0.407. The van der Waals surface area contributed by atoms with Gasteiger partial charge < -0.3 is 25.4 Å². The summed E-state index contributed by atoms with van der Waals surface area (Å²) in [6.45, 7) is 3.64. The first-order valence-corrected chi connectivity index (χ1v) is 12.2. The van der Waals surface area contributed by atoms with Crippen LogP contribution >= 0.6 is 0 Å². The van der Waals surface area contributed by atoms with E-state index in [9.17, 15) is 24.3 Å². The van der Waals surface area contributed by atoms with Gasteiger partial charge in [-0.05, 0) is 41.0 Å². The van der Waals surface area contributed by atoms with Gasteiger partial charge in [0.15, 0.2) is 0 Å². The van der Waals surface area contributed by atoms with Crippen LogP contribution in [0.15, 0.2) is 48.5 Å². The monoisotopic (exact) mass is 493 g/mol. The van der Waals surface area contributed by atoms with Gasteiger partial charge in [-0.3, -0.25) is 9.59 Å². The number of likely N-dealkylation sites (tertiary alicyclic amines) is 1. The van der Waals surface area contributed by atoms with Gasteiger partial charge in [-0.2, -0.15) is 0 Å². The van der Waals surface area contributed by atoms with Crippen molar-refractivity contribution >= 4 is 23.9 Å². The Labute approximate surface area is 209 Å². The number of hydrogen-bond acceptors (Lipinski definition) is 5. The van der Waals surface area contributed by atoms with Crippen molar-refractivity contribution in [1.82, 2.24) is 15.5 Å². The molecular formula is C27H31N3O6. The van der Waals surface area contributed by atoms with Crippen molar-refractivity contribution in [2.45, 2.75) is 44.7 Å². The Morgan fingerprint density at radius 1 is 1.03 bits per heavy atom. The van der Waals surface area contributed by atoms with Crippen LogP contribution in [0.2, 0.25) is 0 Å². The molecule has 0 spiro atoms. The molecule has 1 saturated heterocycles. The van der Waals surface area contributed by atoms with E-state index in [1.165, 1.54) is 4.90 Å². The average Bonchev–Trinajstić information content (AvgIpc) is 3.48. The molecule has 0 unspecified atom stereocenters. The maximum atomic E-state index is 13.0. The molecule has 2 atom stereocenters. The van der Waals surface area contributed by atoms with E-state index in [1.807, 2.05) is 48.5 Å². The Bertz CT molecular complexity index is 1120. The first kappa shape index (κ1) is 25.2. The van der Waals surface area contributed by atoms with Crippen molar-refractivity contribution in [1.29, 1.82) is 0 Å². The van der Waals surface area contributed by atoms with Crippen LogP contribution in [-0.4, -0.2) is 65.7 Å². The summed E-state index contributed by atoms with van der Waals surface area (Å²) in [5, 5.41) is 14.5. The fourth-order valence-corrected chi connectivity index (χ4v) is 5.01. The highest BCUT2D eigenvalue weighted by Gasteiger charge is 2.38. The highest BCUT2D eigenvalue weighted by molar-refractivity contribution is 5.92. The minimum Gasteiger partial charge on any atom is -0.480 e. The van der Waals surface area contributed by atoms with Gasteiger partial charge >= 0.3 is 12.1 Å². The van der Waals surface area contributed by atoms with E-state index in [0.29, 0.717) is 19.4 Å². The molecule has 3 amide bonds. The summed E-state index contributed by atoms with van der Waals surface area (Å²) < 4.78 is 5.44. The normalized spacial score (nSPS) is 17.3. The lowest BCUT2D eigenvalue weighted by Crippen LogP contribution is -2.55. The molecular weight excluding hydrogens is 462 g/mol. The lowest BCUT2D eigenvalue weighted by molar-refractivity contribution is -0.149. The third-order valence-electron chi connectivity index (χ3n) is 6.81. The Hall–Kier alpha value is -3.88. The minimum atomic E-state index is -1.05. The van der Waals surface area contributed by atoms with Crippen LogP contribution in [0.1, 0.15) is 43.7 Å². The number of carbonyl (C=O) groups excluding carboxylic acids is 3. The van der Waals surface area contributed by atoms with E-state index in [4.69, 9.17) is 4.74 Å². The molecule has 1 heterocycles. The second kappa shape index (κ2) is 10.8. The zero-order valence-electron chi connectivity index (χ0n) is 20.4. The van der Waals surface area contributed by atoms with Crippen LogP contribution < -0.4 is 10.6 Å². The zero-order chi connectivity index (χ0) is 25.8. The van der Waals surface area contributed by atoms with Gasteiger partial charge in [0.1, 0.15) is 25.2 Å². The molecule has 0 saturated carbocycles. The van der Waals surface area contributed by atoms with Crippen molar-refractivity contribution in [2.24, 2.45) is 5.92 Å². The van der Waals surface area contributed by atoms with Crippen LogP contribution in [0.5, 0.6) is 0 Å². The van der Waals surface area contributed by atoms with Crippen molar-refractivity contribution in [3.63, 3.8) is 0 Å². The number of nitrogens with zero attached hydrogens (tertiary/aromatic N) is 1. The van der Waals surface area contributed by atoms with E-state index in [0.717, 1.165) is 22.3 Å². The number of alkyl carbamates (subject to hydrolysis) is 1. The molecule has 9 heteroatoms. The van der Waals surface area contributed by atoms with Gasteiger partial charge in [-0.25, -0.2) is 9.59 Å². The molecule has 4 rings (SSSR count). The zero-order valence-corrected chi connectivity index (χ0v) is 20.4. The molecule has 190 valence electrons. The Morgan fingerprint density at radius 3 is 2.22 bits per heavy atom. The molecule has 0 radical (unpaired) electrons. The first-order chi connectivity index (χ1) is 17.3. The number of amides is 3. The molecule has 3 N–H and O–H groups in total. The second-order valence-electron chi connectivity index (χ2n) is 9.50. The van der Waals surface area contributed by atoms with Crippen LogP contribution in [0.25, 0.3) is 11.1 Å². The number of aliphatic carboxylic acids is 1. The lowest BCUT2D eigenvalue weighted by Gasteiger charge is -2.29. The SMILES string of the molecule is CC(C)[C@@H](NC(=O)CNC(=O)OCC1c2ccccc2-c2ccccc21)C(=O)N1CCC[C@H]1C(=O)O. The quantitative estimate of drug-likeness (QED) is 0.519. The molecule has 0 aromatic heterocycles. The number of benzene rings is 2. The number of nitrogens with one attached hydrogen (secondary N) is 2. The summed E-state index contributed by atoms with van der Waals surface area (Å²) in [5.74, 6) is -2.38. The van der Waals surface area contributed by atoms with Crippen molar-refractivity contribution in [2.75, 3.05) is 19.7 Å². The molecule has 9 nitrogen and oxygen atoms in total. The Morgan fingerprint density at radius 2 is 1.64 bits per heavy atom. The van der Waals surface area contributed by atoms with Gasteiger partial charge in [-0.1, -0.05) is 62.4 Å². The number of hydrogen-bond donors (Lipinski definition) is 3. The van der Waals surface area contributed by atoms with Gasteiger partial charge in [0.25, 0.3) is 0 Å². The van der Waals surface area contributed by atoms with Crippen molar-refractivity contribution in [3.8, 4) is 11.1 Å². The van der Waals surface area contributed by atoms with Gasteiger partial charge in [-0.15, -0.1) is 0 Å². The van der Waals surface area contributed by atoms with E-state index < -0.39 is 36.0 Å². The molecule has 2 aliphatic rings. The van der Waals surface area contributed by atoms with E-state index in [1.54, 1.807) is 13.8 Å². The lowest BCUT2D eigenvalue weighted by atomic mass is 9.98. The standard InChI is InChI=1S/C27H31N3O6/c1-16(2)24(25(32)30-13-7-12-22(30)26(33)34)29-23(31)14-28-27(35)36-15-21-19-10-5-3-8-17(19)18-9-4-6-11-20(18)21/h3-6,8-11,16,21-22,24H,7,12-15H2,1-2H3,(H,28,35)(H,29,31)(H,33,34)/t22-,24+/m0/s1. The van der Waals surface area contributed by atoms with Crippen molar-refractivity contribution in [3.05, 3.63) is 59.7 Å². The summed E-state index contributed by atoms with van der Waals surface area (Å²) in [6, 6.07) is 14.2. The van der Waals surface area contributed by atoms with Crippen LogP contribution in [0, 0.1) is 5.92 Å². The number of ether oxygens (including phenoxy) is 1. The molecule has 0 bridgehead atoms. The average molecular weight is 494 g/mol. The number of carboxylic acid groups (broad SMARTS) is 1. The molecule has 1 aliphatic carbocycles.